The minimum atomic E-state index is 0.987. The lowest BCUT2D eigenvalue weighted by molar-refractivity contribution is 0.408. The van der Waals surface area contributed by atoms with Crippen LogP contribution in [0.3, 0.4) is 0 Å². The first kappa shape index (κ1) is 8.12. The number of ether oxygens (including phenoxy) is 1. The van der Waals surface area contributed by atoms with Gasteiger partial charge in [0.05, 0.1) is 7.11 Å². The summed E-state index contributed by atoms with van der Waals surface area (Å²) in [5, 5.41) is 0. The summed E-state index contributed by atoms with van der Waals surface area (Å²) in [7, 11) is 1.70. The third kappa shape index (κ3) is 1.37. The van der Waals surface area contributed by atoms with E-state index in [0.717, 1.165) is 16.9 Å². The predicted molar refractivity (Wildman–Crippen MR) is 46.0 cm³/mol. The molecule has 1 radical (unpaired) electrons. The molecule has 0 aliphatic heterocycles. The maximum atomic E-state index is 5.24. The van der Waals surface area contributed by atoms with Crippen molar-refractivity contribution in [3.05, 3.63) is 28.8 Å². The molecule has 0 fully saturated rings. The van der Waals surface area contributed by atoms with Gasteiger partial charge in [0, 0.05) is 0 Å². The number of benzene rings is 1. The molecule has 1 aromatic rings. The highest BCUT2D eigenvalue weighted by Gasteiger charge is 2.03. The molecule has 0 heterocycles. The molecule has 0 atom stereocenters. The van der Waals surface area contributed by atoms with Crippen LogP contribution in [0.5, 0.6) is 5.75 Å². The second-order valence-electron chi connectivity index (χ2n) is 2.75. The highest BCUT2D eigenvalue weighted by molar-refractivity contribution is 5.43. The maximum Gasteiger partial charge on any atom is 0.124 e. The van der Waals surface area contributed by atoms with E-state index in [0.29, 0.717) is 0 Å². The van der Waals surface area contributed by atoms with Gasteiger partial charge in [-0.25, -0.2) is 0 Å². The van der Waals surface area contributed by atoms with Crippen LogP contribution < -0.4 is 4.74 Å². The van der Waals surface area contributed by atoms with E-state index >= 15 is 0 Å². The minimum Gasteiger partial charge on any atom is -0.496 e. The summed E-state index contributed by atoms with van der Waals surface area (Å²) in [6.07, 6.45) is 0. The van der Waals surface area contributed by atoms with E-state index in [1.165, 1.54) is 5.56 Å². The highest BCUT2D eigenvalue weighted by atomic mass is 16.5. The van der Waals surface area contributed by atoms with Crippen molar-refractivity contribution < 1.29 is 4.74 Å². The Kier molecular flexibility index (Phi) is 2.18. The van der Waals surface area contributed by atoms with Gasteiger partial charge in [-0.05, 0) is 49.6 Å². The van der Waals surface area contributed by atoms with Crippen LogP contribution >= 0.6 is 0 Å². The van der Waals surface area contributed by atoms with Gasteiger partial charge in [0.15, 0.2) is 0 Å². The Morgan fingerprint density at radius 1 is 1.27 bits per heavy atom. The van der Waals surface area contributed by atoms with Crippen LogP contribution in [0.2, 0.25) is 0 Å². The molecule has 0 spiro atoms. The third-order valence-electron chi connectivity index (χ3n) is 1.97. The van der Waals surface area contributed by atoms with Gasteiger partial charge in [-0.1, -0.05) is 0 Å². The minimum absolute atomic E-state index is 0.987. The Morgan fingerprint density at radius 3 is 2.36 bits per heavy atom. The molecule has 0 N–H and O–H groups in total. The zero-order valence-electron chi connectivity index (χ0n) is 7.49. The molecule has 1 aromatic carbocycles. The Morgan fingerprint density at radius 2 is 1.91 bits per heavy atom. The molecule has 0 saturated heterocycles. The lowest BCUT2D eigenvalue weighted by Gasteiger charge is -2.09. The number of rotatable bonds is 1. The van der Waals surface area contributed by atoms with Crippen LogP contribution in [0.4, 0.5) is 0 Å². The van der Waals surface area contributed by atoms with Crippen molar-refractivity contribution in [2.45, 2.75) is 20.8 Å². The smallest absolute Gasteiger partial charge is 0.124 e. The van der Waals surface area contributed by atoms with Crippen LogP contribution in [0.15, 0.2) is 6.07 Å². The molecule has 0 aliphatic rings. The fourth-order valence-electron chi connectivity index (χ4n) is 1.17. The Balaban J connectivity index is 3.29. The number of aryl methyl sites for hydroxylation is 2. The number of hydrogen-bond acceptors (Lipinski definition) is 1. The Labute approximate surface area is 68.0 Å². The molecule has 1 heteroatoms. The average molecular weight is 149 g/mol. The van der Waals surface area contributed by atoms with Crippen LogP contribution in [0.1, 0.15) is 16.7 Å². The molecule has 59 valence electrons. The van der Waals surface area contributed by atoms with Gasteiger partial charge in [0.2, 0.25) is 0 Å². The van der Waals surface area contributed by atoms with Crippen LogP contribution in [-0.2, 0) is 0 Å². The number of hydrogen-bond donors (Lipinski definition) is 0. The van der Waals surface area contributed by atoms with Gasteiger partial charge < -0.3 is 4.74 Å². The summed E-state index contributed by atoms with van der Waals surface area (Å²) in [6.45, 7) is 6.12. The first-order valence-corrected chi connectivity index (χ1v) is 3.69. The van der Waals surface area contributed by atoms with Crippen molar-refractivity contribution in [3.63, 3.8) is 0 Å². The molecule has 0 unspecified atom stereocenters. The lowest BCUT2D eigenvalue weighted by atomic mass is 10.1. The zero-order chi connectivity index (χ0) is 8.43. The van der Waals surface area contributed by atoms with E-state index in [4.69, 9.17) is 4.74 Å². The summed E-state index contributed by atoms with van der Waals surface area (Å²) in [5.41, 5.74) is 3.50. The van der Waals surface area contributed by atoms with Crippen LogP contribution in [-0.4, -0.2) is 7.11 Å². The summed E-state index contributed by atoms with van der Waals surface area (Å²) in [4.78, 5) is 0. The second-order valence-corrected chi connectivity index (χ2v) is 2.75. The first-order valence-electron chi connectivity index (χ1n) is 3.69. The molecular weight excluding hydrogens is 136 g/mol. The molecule has 1 nitrogen and oxygen atoms in total. The predicted octanol–water partition coefficient (Wildman–Crippen LogP) is 2.42. The van der Waals surface area contributed by atoms with E-state index in [2.05, 4.69) is 13.0 Å². The summed E-state index contributed by atoms with van der Waals surface area (Å²) in [5.74, 6) is 0.987. The van der Waals surface area contributed by atoms with E-state index < -0.39 is 0 Å². The van der Waals surface area contributed by atoms with Crippen molar-refractivity contribution in [2.24, 2.45) is 0 Å². The summed E-state index contributed by atoms with van der Waals surface area (Å²) >= 11 is 0. The molecule has 0 bridgehead atoms. The maximum absolute atomic E-state index is 5.24. The second kappa shape index (κ2) is 2.95. The normalized spacial score (nSPS) is 9.82. The molecule has 0 amide bonds. The highest BCUT2D eigenvalue weighted by Crippen LogP contribution is 2.24. The Hall–Kier alpha value is -0.980. The van der Waals surface area contributed by atoms with Gasteiger partial charge in [-0.3, -0.25) is 0 Å². The molecule has 0 aromatic heterocycles. The average Bonchev–Trinajstić information content (AvgIpc) is 1.99. The fraction of sp³-hybridized carbons (Fsp3) is 0.400. The lowest BCUT2D eigenvalue weighted by Crippen LogP contribution is -1.92. The largest absolute Gasteiger partial charge is 0.496 e. The molecule has 1 rings (SSSR count). The molecular formula is C10H13O. The van der Waals surface area contributed by atoms with Gasteiger partial charge >= 0.3 is 0 Å². The van der Waals surface area contributed by atoms with Gasteiger partial charge in [0.25, 0.3) is 0 Å². The molecule has 11 heavy (non-hydrogen) atoms. The molecule has 0 saturated carbocycles. The van der Waals surface area contributed by atoms with Crippen molar-refractivity contribution in [3.8, 4) is 5.75 Å². The van der Waals surface area contributed by atoms with Crippen molar-refractivity contribution >= 4 is 0 Å². The van der Waals surface area contributed by atoms with Crippen molar-refractivity contribution in [1.29, 1.82) is 0 Å². The first-order chi connectivity index (χ1) is 5.16. The third-order valence-corrected chi connectivity index (χ3v) is 1.97. The Bertz CT molecular complexity index is 264. The monoisotopic (exact) mass is 149 g/mol. The van der Waals surface area contributed by atoms with E-state index in [1.807, 2.05) is 19.9 Å². The SMILES string of the molecule is COc1c(C)c[c]c(C)c1C. The zero-order valence-corrected chi connectivity index (χ0v) is 7.49. The molecule has 0 aliphatic carbocycles. The van der Waals surface area contributed by atoms with Crippen molar-refractivity contribution in [2.75, 3.05) is 7.11 Å². The topological polar surface area (TPSA) is 9.23 Å². The van der Waals surface area contributed by atoms with Crippen molar-refractivity contribution in [1.82, 2.24) is 0 Å². The van der Waals surface area contributed by atoms with Crippen LogP contribution in [0.25, 0.3) is 0 Å². The summed E-state index contributed by atoms with van der Waals surface area (Å²) in [6, 6.07) is 5.12. The van der Waals surface area contributed by atoms with Gasteiger partial charge in [0.1, 0.15) is 5.75 Å². The number of methoxy groups -OCH3 is 1. The van der Waals surface area contributed by atoms with Crippen LogP contribution in [0, 0.1) is 26.8 Å². The van der Waals surface area contributed by atoms with Gasteiger partial charge in [-0.2, -0.15) is 0 Å². The van der Waals surface area contributed by atoms with E-state index in [-0.39, 0.29) is 0 Å². The fourth-order valence-corrected chi connectivity index (χ4v) is 1.17. The van der Waals surface area contributed by atoms with Gasteiger partial charge in [-0.15, -0.1) is 0 Å². The van der Waals surface area contributed by atoms with E-state index in [1.54, 1.807) is 7.11 Å². The van der Waals surface area contributed by atoms with E-state index in [9.17, 15) is 0 Å². The quantitative estimate of drug-likeness (QED) is 0.595. The standard InChI is InChI=1S/C10H13O/c1-7-5-6-8(2)10(11-4)9(7)3/h6H,1-4H3. The summed E-state index contributed by atoms with van der Waals surface area (Å²) < 4.78 is 5.24.